The van der Waals surface area contributed by atoms with Gasteiger partial charge in [0.15, 0.2) is 6.29 Å². The summed E-state index contributed by atoms with van der Waals surface area (Å²) in [6, 6.07) is 9.68. The van der Waals surface area contributed by atoms with Crippen molar-refractivity contribution in [1.82, 2.24) is 0 Å². The fraction of sp³-hybridized carbons (Fsp3) is 0.115. The number of aliphatic hydroxyl groups excluding tert-OH is 1. The molecule has 2 aromatic rings. The van der Waals surface area contributed by atoms with Crippen LogP contribution in [-0.2, 0) is 37.1 Å². The molecule has 34 heavy (non-hydrogen) atoms. The molecule has 2 aromatic carbocycles. The molecule has 0 fully saturated rings. The molecule has 1 N–H and O–H groups in total. The molecule has 0 aliphatic carbocycles. The van der Waals surface area contributed by atoms with Crippen LogP contribution in [0.2, 0.25) is 0 Å². The fourth-order valence-corrected chi connectivity index (χ4v) is 2.74. The number of carbonyl (C=O) groups is 3. The van der Waals surface area contributed by atoms with E-state index >= 15 is 0 Å². The van der Waals surface area contributed by atoms with E-state index in [0.717, 1.165) is 18.2 Å². The Balaban J connectivity index is 2.54. The van der Waals surface area contributed by atoms with Crippen LogP contribution >= 0.6 is 0 Å². The van der Waals surface area contributed by atoms with E-state index in [9.17, 15) is 19.5 Å². The molecule has 0 saturated heterocycles. The van der Waals surface area contributed by atoms with E-state index in [2.05, 4.69) is 26.3 Å². The zero-order valence-corrected chi connectivity index (χ0v) is 18.4. The Hall–Kier alpha value is -4.27. The SMILES string of the molecule is C=CC(=O)OCc1cc(COC(O)C=C)cc(-c2ccc(OC(=O)C=C)cc2OC(=O)C=C)c1. The number of hydrogen-bond donors (Lipinski definition) is 1. The third kappa shape index (κ3) is 7.70. The van der Waals surface area contributed by atoms with Gasteiger partial charge in [-0.25, -0.2) is 14.4 Å². The van der Waals surface area contributed by atoms with Gasteiger partial charge in [0.25, 0.3) is 0 Å². The standard InChI is InChI=1S/C26H24O8/c1-5-23(27)31-15-17-11-18(16-32-24(28)6-2)13-19(12-17)21-10-9-20(33-25(29)7-3)14-22(21)34-26(30)8-4/h5-14,23,27H,1-4,15-16H2. The van der Waals surface area contributed by atoms with Crippen molar-refractivity contribution in [2.24, 2.45) is 0 Å². The molecule has 8 nitrogen and oxygen atoms in total. The van der Waals surface area contributed by atoms with Gasteiger partial charge in [0.05, 0.1) is 6.61 Å². The highest BCUT2D eigenvalue weighted by Crippen LogP contribution is 2.35. The molecule has 0 saturated carbocycles. The largest absolute Gasteiger partial charge is 0.458 e. The molecule has 1 unspecified atom stereocenters. The maximum Gasteiger partial charge on any atom is 0.335 e. The summed E-state index contributed by atoms with van der Waals surface area (Å²) in [5.74, 6) is -1.77. The Morgan fingerprint density at radius 2 is 1.44 bits per heavy atom. The molecule has 176 valence electrons. The highest BCUT2D eigenvalue weighted by atomic mass is 16.6. The van der Waals surface area contributed by atoms with E-state index in [-0.39, 0.29) is 24.7 Å². The summed E-state index contributed by atoms with van der Waals surface area (Å²) in [4.78, 5) is 35.0. The highest BCUT2D eigenvalue weighted by Gasteiger charge is 2.15. The summed E-state index contributed by atoms with van der Waals surface area (Å²) in [7, 11) is 0. The summed E-state index contributed by atoms with van der Waals surface area (Å²) < 4.78 is 20.9. The number of hydrogen-bond acceptors (Lipinski definition) is 8. The molecule has 0 aliphatic heterocycles. The quantitative estimate of drug-likeness (QED) is 0.166. The lowest BCUT2D eigenvalue weighted by Gasteiger charge is -2.15. The molecule has 0 spiro atoms. The normalized spacial score (nSPS) is 11.0. The lowest BCUT2D eigenvalue weighted by Crippen LogP contribution is -2.09. The van der Waals surface area contributed by atoms with Crippen molar-refractivity contribution in [3.05, 3.63) is 98.1 Å². The van der Waals surface area contributed by atoms with Gasteiger partial charge in [0, 0.05) is 29.9 Å². The van der Waals surface area contributed by atoms with Gasteiger partial charge < -0.3 is 24.1 Å². The zero-order valence-electron chi connectivity index (χ0n) is 18.4. The van der Waals surface area contributed by atoms with Gasteiger partial charge >= 0.3 is 17.9 Å². The third-order valence-electron chi connectivity index (χ3n) is 4.25. The highest BCUT2D eigenvalue weighted by molar-refractivity contribution is 5.87. The van der Waals surface area contributed by atoms with Crippen molar-refractivity contribution < 1.29 is 38.4 Å². The molecule has 0 aromatic heterocycles. The Kier molecular flexibility index (Phi) is 9.70. The van der Waals surface area contributed by atoms with Crippen molar-refractivity contribution in [3.8, 4) is 22.6 Å². The second kappa shape index (κ2) is 12.7. The number of rotatable bonds is 12. The van der Waals surface area contributed by atoms with Crippen molar-refractivity contribution in [3.63, 3.8) is 0 Å². The fourth-order valence-electron chi connectivity index (χ4n) is 2.74. The number of aliphatic hydroxyl groups is 1. The van der Waals surface area contributed by atoms with Crippen LogP contribution in [0.5, 0.6) is 11.5 Å². The molecule has 1 atom stereocenters. The lowest BCUT2D eigenvalue weighted by atomic mass is 9.99. The molecule has 0 radical (unpaired) electrons. The van der Waals surface area contributed by atoms with Crippen molar-refractivity contribution >= 4 is 17.9 Å². The van der Waals surface area contributed by atoms with E-state index in [4.69, 9.17) is 18.9 Å². The monoisotopic (exact) mass is 464 g/mol. The predicted octanol–water partition coefficient (Wildman–Crippen LogP) is 3.79. The van der Waals surface area contributed by atoms with E-state index < -0.39 is 24.2 Å². The maximum atomic E-state index is 11.9. The first-order valence-electron chi connectivity index (χ1n) is 9.96. The maximum absolute atomic E-state index is 11.9. The van der Waals surface area contributed by atoms with Gasteiger partial charge in [0.1, 0.15) is 18.1 Å². The number of ether oxygens (including phenoxy) is 4. The molecule has 0 bridgehead atoms. The van der Waals surface area contributed by atoms with Crippen molar-refractivity contribution in [2.45, 2.75) is 19.5 Å². The Labute approximate surface area is 197 Å². The second-order valence-corrected chi connectivity index (χ2v) is 6.70. The van der Waals surface area contributed by atoms with E-state index in [1.165, 1.54) is 18.2 Å². The minimum absolute atomic E-state index is 0.0141. The van der Waals surface area contributed by atoms with E-state index in [1.807, 2.05) is 0 Å². The zero-order chi connectivity index (χ0) is 25.1. The first-order valence-corrected chi connectivity index (χ1v) is 9.96. The average Bonchev–Trinajstić information content (AvgIpc) is 2.85. The van der Waals surface area contributed by atoms with Crippen LogP contribution in [-0.4, -0.2) is 29.3 Å². The van der Waals surface area contributed by atoms with Crippen LogP contribution in [0.15, 0.2) is 87.0 Å². The van der Waals surface area contributed by atoms with E-state index in [0.29, 0.717) is 22.3 Å². The first-order chi connectivity index (χ1) is 16.3. The van der Waals surface area contributed by atoms with Gasteiger partial charge in [-0.2, -0.15) is 0 Å². The van der Waals surface area contributed by atoms with E-state index in [1.54, 1.807) is 24.3 Å². The lowest BCUT2D eigenvalue weighted by molar-refractivity contribution is -0.139. The molecule has 0 amide bonds. The summed E-state index contributed by atoms with van der Waals surface area (Å²) in [6.45, 7) is 13.5. The van der Waals surface area contributed by atoms with Crippen LogP contribution < -0.4 is 9.47 Å². The predicted molar refractivity (Wildman–Crippen MR) is 125 cm³/mol. The van der Waals surface area contributed by atoms with Crippen LogP contribution in [0, 0.1) is 0 Å². The Morgan fingerprint density at radius 1 is 0.824 bits per heavy atom. The molecule has 0 aliphatic rings. The summed E-state index contributed by atoms with van der Waals surface area (Å²) in [5.41, 5.74) is 2.28. The van der Waals surface area contributed by atoms with Crippen LogP contribution in [0.1, 0.15) is 11.1 Å². The molecule has 2 rings (SSSR count). The second-order valence-electron chi connectivity index (χ2n) is 6.70. The molecular weight excluding hydrogens is 440 g/mol. The molecular formula is C26H24O8. The summed E-state index contributed by atoms with van der Waals surface area (Å²) >= 11 is 0. The third-order valence-corrected chi connectivity index (χ3v) is 4.25. The minimum Gasteiger partial charge on any atom is -0.458 e. The topological polar surface area (TPSA) is 108 Å². The summed E-state index contributed by atoms with van der Waals surface area (Å²) in [6.07, 6.45) is 3.10. The average molecular weight is 464 g/mol. The Bertz CT molecular complexity index is 1120. The smallest absolute Gasteiger partial charge is 0.335 e. The van der Waals surface area contributed by atoms with Crippen molar-refractivity contribution in [1.29, 1.82) is 0 Å². The van der Waals surface area contributed by atoms with Crippen LogP contribution in [0.25, 0.3) is 11.1 Å². The first kappa shape index (κ1) is 26.0. The van der Waals surface area contributed by atoms with Gasteiger partial charge in [-0.1, -0.05) is 32.4 Å². The van der Waals surface area contributed by atoms with Crippen LogP contribution in [0.3, 0.4) is 0 Å². The number of carbonyl (C=O) groups excluding carboxylic acids is 3. The Morgan fingerprint density at radius 3 is 2.06 bits per heavy atom. The van der Waals surface area contributed by atoms with Crippen LogP contribution in [0.4, 0.5) is 0 Å². The van der Waals surface area contributed by atoms with Gasteiger partial charge in [-0.3, -0.25) is 0 Å². The van der Waals surface area contributed by atoms with Gasteiger partial charge in [-0.05, 0) is 47.0 Å². The van der Waals surface area contributed by atoms with Gasteiger partial charge in [0.2, 0.25) is 0 Å². The number of esters is 3. The van der Waals surface area contributed by atoms with Crippen molar-refractivity contribution in [2.75, 3.05) is 0 Å². The number of benzene rings is 2. The van der Waals surface area contributed by atoms with Gasteiger partial charge in [-0.15, -0.1) is 0 Å². The molecule has 8 heteroatoms. The molecule has 0 heterocycles. The minimum atomic E-state index is -1.17. The summed E-state index contributed by atoms with van der Waals surface area (Å²) in [5, 5.41) is 9.64.